The number of benzene rings is 2. The minimum absolute atomic E-state index is 0.0259. The number of hydrogen-bond acceptors (Lipinski definition) is 5. The fourth-order valence-corrected chi connectivity index (χ4v) is 4.45. The fourth-order valence-electron chi connectivity index (χ4n) is 4.32. The Morgan fingerprint density at radius 2 is 1.88 bits per heavy atom. The van der Waals surface area contributed by atoms with Crippen LogP contribution >= 0.6 is 11.6 Å². The molecule has 0 radical (unpaired) electrons. The van der Waals surface area contributed by atoms with E-state index in [0.29, 0.717) is 10.8 Å². The van der Waals surface area contributed by atoms with Crippen molar-refractivity contribution in [3.05, 3.63) is 64.6 Å². The minimum atomic E-state index is -0.138. The second-order valence-corrected chi connectivity index (χ2v) is 8.42. The third-order valence-electron chi connectivity index (χ3n) is 5.96. The van der Waals surface area contributed by atoms with Gasteiger partial charge in [-0.1, -0.05) is 42.7 Å². The zero-order chi connectivity index (χ0) is 22.7. The highest BCUT2D eigenvalue weighted by Crippen LogP contribution is 2.38. The van der Waals surface area contributed by atoms with Crippen LogP contribution in [0.25, 0.3) is 23.1 Å². The topological polar surface area (TPSA) is 114 Å². The van der Waals surface area contributed by atoms with Crippen molar-refractivity contribution in [2.75, 3.05) is 7.11 Å². The molecule has 0 amide bonds. The molecule has 1 aliphatic carbocycles. The van der Waals surface area contributed by atoms with E-state index in [1.807, 2.05) is 54.6 Å². The quantitative estimate of drug-likeness (QED) is 0.227. The van der Waals surface area contributed by atoms with E-state index >= 15 is 0 Å². The second-order valence-electron chi connectivity index (χ2n) is 7.99. The van der Waals surface area contributed by atoms with Gasteiger partial charge in [0.15, 0.2) is 5.82 Å². The maximum absolute atomic E-state index is 7.84. The Labute approximate surface area is 192 Å². The van der Waals surface area contributed by atoms with Crippen molar-refractivity contribution >= 4 is 40.6 Å². The number of ether oxygens (including phenoxy) is 1. The molecule has 0 unspecified atom stereocenters. The molecule has 0 saturated heterocycles. The maximum atomic E-state index is 7.84. The van der Waals surface area contributed by atoms with Gasteiger partial charge in [0.25, 0.3) is 0 Å². The Balaban J connectivity index is 1.81. The van der Waals surface area contributed by atoms with Gasteiger partial charge in [0.1, 0.15) is 5.75 Å². The van der Waals surface area contributed by atoms with Gasteiger partial charge in [-0.2, -0.15) is 0 Å². The van der Waals surface area contributed by atoms with E-state index in [-0.39, 0.29) is 17.9 Å². The number of guanidine groups is 1. The average molecular weight is 451 g/mol. The van der Waals surface area contributed by atoms with E-state index in [1.54, 1.807) is 7.11 Å². The van der Waals surface area contributed by atoms with Crippen LogP contribution in [-0.4, -0.2) is 34.1 Å². The van der Waals surface area contributed by atoms with Gasteiger partial charge < -0.3 is 10.5 Å². The van der Waals surface area contributed by atoms with Gasteiger partial charge in [-0.05, 0) is 54.8 Å². The molecule has 5 N–H and O–H groups in total. The lowest BCUT2D eigenvalue weighted by molar-refractivity contribution is 0.212. The van der Waals surface area contributed by atoms with Crippen LogP contribution in [0.3, 0.4) is 0 Å². The highest BCUT2D eigenvalue weighted by Gasteiger charge is 2.33. The molecule has 1 saturated carbocycles. The molecule has 32 heavy (non-hydrogen) atoms. The number of aromatic nitrogens is 2. The van der Waals surface area contributed by atoms with Crippen LogP contribution in [0.15, 0.2) is 42.5 Å². The Bertz CT molecular complexity index is 1150. The van der Waals surface area contributed by atoms with Gasteiger partial charge in [-0.15, -0.1) is 0 Å². The Kier molecular flexibility index (Phi) is 6.58. The summed E-state index contributed by atoms with van der Waals surface area (Å²) in [4.78, 5) is 9.70. The lowest BCUT2D eigenvalue weighted by atomic mass is 9.80. The number of hydrogen-bond donors (Lipinski definition) is 3. The monoisotopic (exact) mass is 450 g/mol. The third-order valence-corrected chi connectivity index (χ3v) is 6.21. The van der Waals surface area contributed by atoms with Crippen LogP contribution in [-0.2, 0) is 0 Å². The zero-order valence-corrected chi connectivity index (χ0v) is 18.7. The highest BCUT2D eigenvalue weighted by molar-refractivity contribution is 6.30. The van der Waals surface area contributed by atoms with Gasteiger partial charge in [0, 0.05) is 16.3 Å². The fraction of sp³-hybridized carbons (Fsp3) is 0.292. The van der Waals surface area contributed by atoms with Gasteiger partial charge in [-0.25, -0.2) is 15.8 Å². The van der Waals surface area contributed by atoms with E-state index in [4.69, 9.17) is 43.3 Å². The molecule has 8 heteroatoms. The second kappa shape index (κ2) is 9.54. The molecule has 0 bridgehead atoms. The summed E-state index contributed by atoms with van der Waals surface area (Å²) in [5, 5.41) is 10.8. The SMILES string of the molecule is COc1ccc2nc(C=Cc3ccc(Cl)cc3)nc([C@H]3CCCC[C@H]3N(N)C(=N)N)c2c1. The van der Waals surface area contributed by atoms with Crippen molar-refractivity contribution in [1.82, 2.24) is 15.0 Å². The number of hydrazine groups is 1. The van der Waals surface area contributed by atoms with E-state index < -0.39 is 0 Å². The summed E-state index contributed by atoms with van der Waals surface area (Å²) in [5.74, 6) is 7.44. The number of nitrogens with one attached hydrogen (secondary N) is 1. The molecule has 1 aromatic heterocycles. The summed E-state index contributed by atoms with van der Waals surface area (Å²) in [6, 6.07) is 13.3. The molecule has 1 heterocycles. The molecule has 2 atom stereocenters. The van der Waals surface area contributed by atoms with Crippen molar-refractivity contribution in [1.29, 1.82) is 5.41 Å². The number of methoxy groups -OCH3 is 1. The minimum Gasteiger partial charge on any atom is -0.497 e. The smallest absolute Gasteiger partial charge is 0.203 e. The molecule has 1 fully saturated rings. The van der Waals surface area contributed by atoms with Crippen LogP contribution < -0.4 is 16.3 Å². The molecule has 0 aliphatic heterocycles. The average Bonchev–Trinajstić information content (AvgIpc) is 2.82. The molecular formula is C24H27ClN6O. The summed E-state index contributed by atoms with van der Waals surface area (Å²) in [7, 11) is 1.64. The van der Waals surface area contributed by atoms with Crippen molar-refractivity contribution in [2.24, 2.45) is 11.6 Å². The first-order valence-corrected chi connectivity index (χ1v) is 11.0. The summed E-state index contributed by atoms with van der Waals surface area (Å²) in [6.07, 6.45) is 7.74. The van der Waals surface area contributed by atoms with E-state index in [2.05, 4.69) is 0 Å². The first-order valence-electron chi connectivity index (χ1n) is 10.6. The van der Waals surface area contributed by atoms with Crippen LogP contribution in [0, 0.1) is 5.41 Å². The largest absolute Gasteiger partial charge is 0.497 e. The van der Waals surface area contributed by atoms with Crippen LogP contribution in [0.2, 0.25) is 5.02 Å². The molecule has 4 rings (SSSR count). The summed E-state index contributed by atoms with van der Waals surface area (Å²) < 4.78 is 5.45. The van der Waals surface area contributed by atoms with Gasteiger partial charge >= 0.3 is 0 Å². The first kappa shape index (κ1) is 22.0. The summed E-state index contributed by atoms with van der Waals surface area (Å²) in [5.41, 5.74) is 8.48. The summed E-state index contributed by atoms with van der Waals surface area (Å²) in [6.45, 7) is 0. The predicted octanol–water partition coefficient (Wildman–Crippen LogP) is 4.56. The summed E-state index contributed by atoms with van der Waals surface area (Å²) >= 11 is 5.99. The van der Waals surface area contributed by atoms with Crippen LogP contribution in [0.1, 0.15) is 48.7 Å². The van der Waals surface area contributed by atoms with Crippen molar-refractivity contribution in [3.8, 4) is 5.75 Å². The Morgan fingerprint density at radius 1 is 1.12 bits per heavy atom. The zero-order valence-electron chi connectivity index (χ0n) is 18.0. The molecular weight excluding hydrogens is 424 g/mol. The maximum Gasteiger partial charge on any atom is 0.203 e. The number of halogens is 1. The van der Waals surface area contributed by atoms with E-state index in [0.717, 1.165) is 53.6 Å². The lowest BCUT2D eigenvalue weighted by Gasteiger charge is -2.37. The van der Waals surface area contributed by atoms with Gasteiger partial charge in [0.05, 0.1) is 24.4 Å². The van der Waals surface area contributed by atoms with E-state index in [1.165, 1.54) is 5.01 Å². The highest BCUT2D eigenvalue weighted by atomic mass is 35.5. The lowest BCUT2D eigenvalue weighted by Crippen LogP contribution is -2.52. The number of nitrogens with two attached hydrogens (primary N) is 2. The van der Waals surface area contributed by atoms with Gasteiger partial charge in [-0.3, -0.25) is 10.4 Å². The molecule has 0 spiro atoms. The van der Waals surface area contributed by atoms with Crippen LogP contribution in [0.5, 0.6) is 5.75 Å². The van der Waals surface area contributed by atoms with Crippen molar-refractivity contribution in [2.45, 2.75) is 37.6 Å². The normalized spacial score (nSPS) is 18.7. The Hall–Kier alpha value is -3.16. The predicted molar refractivity (Wildman–Crippen MR) is 129 cm³/mol. The number of fused-ring (bicyclic) bond motifs is 1. The van der Waals surface area contributed by atoms with E-state index in [9.17, 15) is 0 Å². The van der Waals surface area contributed by atoms with Gasteiger partial charge in [0.2, 0.25) is 5.96 Å². The van der Waals surface area contributed by atoms with Crippen LogP contribution in [0.4, 0.5) is 0 Å². The van der Waals surface area contributed by atoms with Crippen molar-refractivity contribution in [3.63, 3.8) is 0 Å². The molecule has 3 aromatic rings. The van der Waals surface area contributed by atoms with Crippen molar-refractivity contribution < 1.29 is 4.74 Å². The third kappa shape index (κ3) is 4.69. The first-order chi connectivity index (χ1) is 15.5. The molecule has 7 nitrogen and oxygen atoms in total. The Morgan fingerprint density at radius 3 is 2.59 bits per heavy atom. The molecule has 2 aromatic carbocycles. The molecule has 1 aliphatic rings. The number of nitrogens with zero attached hydrogens (tertiary/aromatic N) is 3. The standard InChI is InChI=1S/C24H27ClN6O/c1-32-17-11-12-20-19(14-17)23(18-4-2-3-5-21(18)31(28)24(26)27)30-22(29-20)13-8-15-6-9-16(25)10-7-15/h6-14,18,21H,2-5,28H2,1H3,(H3,26,27)/t18-,21+/m0/s1. The molecule has 166 valence electrons. The number of rotatable bonds is 5.